The molecule has 2 amide bonds. The molecule has 0 aliphatic carbocycles. The minimum atomic E-state index is -1.17. The number of carbonyl (C=O) groups is 4. The molecular weight excluding hydrogens is 439 g/mol. The first kappa shape index (κ1) is 25.3. The van der Waals surface area contributed by atoms with E-state index in [9.17, 15) is 19.2 Å². The maximum Gasteiger partial charge on any atom is 0.436 e. The number of carboxylic acid groups (broad SMARTS) is 1. The minimum Gasteiger partial charge on any atom is -0.480 e. The Bertz CT molecular complexity index is 811. The van der Waals surface area contributed by atoms with Crippen molar-refractivity contribution in [2.75, 3.05) is 6.61 Å². The van der Waals surface area contributed by atoms with Crippen molar-refractivity contribution in [3.63, 3.8) is 0 Å². The van der Waals surface area contributed by atoms with E-state index in [4.69, 9.17) is 44.5 Å². The van der Waals surface area contributed by atoms with Crippen molar-refractivity contribution in [1.82, 2.24) is 5.32 Å². The highest BCUT2D eigenvalue weighted by Crippen LogP contribution is 2.24. The number of guanidine groups is 1. The van der Waals surface area contributed by atoms with Crippen molar-refractivity contribution < 1.29 is 29.0 Å². The van der Waals surface area contributed by atoms with Gasteiger partial charge in [0.1, 0.15) is 11.8 Å². The lowest BCUT2D eigenvalue weighted by atomic mass is 10.1. The number of Topliss-reactive ketones (excluding diaryl/α,β-unsaturated/α-hetero) is 1. The summed E-state index contributed by atoms with van der Waals surface area (Å²) in [4.78, 5) is 49.1. The van der Waals surface area contributed by atoms with Crippen LogP contribution in [-0.2, 0) is 25.5 Å². The first-order chi connectivity index (χ1) is 14.1. The van der Waals surface area contributed by atoms with Gasteiger partial charge in [-0.25, -0.2) is 4.79 Å². The Labute approximate surface area is 182 Å². The van der Waals surface area contributed by atoms with Crippen LogP contribution in [-0.4, -0.2) is 47.5 Å². The van der Waals surface area contributed by atoms with E-state index >= 15 is 0 Å². The molecule has 0 aliphatic rings. The third-order valence-corrected chi connectivity index (χ3v) is 4.46. The molecule has 0 radical (unpaired) electrons. The second-order valence-corrected chi connectivity index (χ2v) is 6.98. The number of nitrogens with zero attached hydrogens (tertiary/aromatic N) is 1. The predicted octanol–water partition coefficient (Wildman–Crippen LogP) is 1.64. The lowest BCUT2D eigenvalue weighted by Crippen LogP contribution is -2.38. The summed E-state index contributed by atoms with van der Waals surface area (Å²) in [6, 6.07) is 3.70. The zero-order valence-electron chi connectivity index (χ0n) is 15.9. The van der Waals surface area contributed by atoms with E-state index in [2.05, 4.69) is 10.3 Å². The topological polar surface area (TPSA) is 174 Å². The fraction of sp³-hybridized carbons (Fsp3) is 0.389. The molecule has 1 aromatic carbocycles. The Balaban J connectivity index is 2.33. The lowest BCUT2D eigenvalue weighted by molar-refractivity contribution is -0.138. The van der Waals surface area contributed by atoms with Crippen LogP contribution in [0.15, 0.2) is 23.2 Å². The van der Waals surface area contributed by atoms with Gasteiger partial charge in [0.15, 0.2) is 0 Å². The number of carbonyl (C=O) groups excluding carboxylic acids is 3. The van der Waals surface area contributed by atoms with E-state index in [0.29, 0.717) is 15.6 Å². The van der Waals surface area contributed by atoms with E-state index in [0.717, 1.165) is 0 Å². The summed E-state index contributed by atoms with van der Waals surface area (Å²) in [5.41, 5.74) is 11.2. The van der Waals surface area contributed by atoms with Crippen molar-refractivity contribution in [1.29, 1.82) is 0 Å². The maximum atomic E-state index is 12.0. The van der Waals surface area contributed by atoms with E-state index in [-0.39, 0.29) is 44.5 Å². The molecule has 30 heavy (non-hydrogen) atoms. The highest BCUT2D eigenvalue weighted by molar-refractivity contribution is 6.36. The average Bonchev–Trinajstić information content (AvgIpc) is 2.66. The van der Waals surface area contributed by atoms with E-state index in [1.165, 1.54) is 0 Å². The number of carboxylic acids is 1. The van der Waals surface area contributed by atoms with Crippen LogP contribution in [0.3, 0.4) is 0 Å². The van der Waals surface area contributed by atoms with Gasteiger partial charge >= 0.3 is 12.1 Å². The molecule has 1 atom stereocenters. The average molecular weight is 461 g/mol. The molecule has 0 unspecified atom stereocenters. The molecule has 6 N–H and O–H groups in total. The Morgan fingerprint density at radius 3 is 2.40 bits per heavy atom. The number of nitrogens with one attached hydrogen (secondary N) is 1. The molecule has 0 heterocycles. The van der Waals surface area contributed by atoms with Crippen LogP contribution in [0.4, 0.5) is 4.79 Å². The van der Waals surface area contributed by atoms with Crippen LogP contribution < -0.4 is 16.8 Å². The molecule has 164 valence electrons. The zero-order valence-corrected chi connectivity index (χ0v) is 17.4. The number of halogens is 2. The summed E-state index contributed by atoms with van der Waals surface area (Å²) in [6.45, 7) is -0.102. The van der Waals surface area contributed by atoms with Crippen molar-refractivity contribution >= 4 is 52.9 Å². The first-order valence-corrected chi connectivity index (χ1v) is 9.59. The molecular formula is C18H22Cl2N4O6. The number of aliphatic imine (C=N–C) groups is 1. The molecule has 0 spiro atoms. The number of hydrogen-bond acceptors (Lipinski definition) is 6. The molecule has 0 saturated carbocycles. The highest BCUT2D eigenvalue weighted by Gasteiger charge is 2.14. The number of ether oxygens (including phenoxy) is 1. The van der Waals surface area contributed by atoms with Crippen LogP contribution in [0.1, 0.15) is 31.2 Å². The molecule has 0 fully saturated rings. The van der Waals surface area contributed by atoms with Crippen molar-refractivity contribution in [2.24, 2.45) is 16.5 Å². The second-order valence-electron chi connectivity index (χ2n) is 6.16. The van der Waals surface area contributed by atoms with Crippen molar-refractivity contribution in [3.05, 3.63) is 33.8 Å². The Morgan fingerprint density at radius 1 is 1.17 bits per heavy atom. The van der Waals surface area contributed by atoms with Gasteiger partial charge in [-0.1, -0.05) is 29.3 Å². The van der Waals surface area contributed by atoms with Crippen LogP contribution in [0, 0.1) is 0 Å². The molecule has 12 heteroatoms. The molecule has 0 aliphatic heterocycles. The van der Waals surface area contributed by atoms with Gasteiger partial charge in [0.25, 0.3) is 0 Å². The quantitative estimate of drug-likeness (QED) is 0.231. The first-order valence-electron chi connectivity index (χ1n) is 8.84. The predicted molar refractivity (Wildman–Crippen MR) is 110 cm³/mol. The SMILES string of the molecule is N/C(=N\C(=O)OCCCC(=O)CC[C@H](N)C(=O)O)NC(=O)Cc1c(Cl)cccc1Cl. The third kappa shape index (κ3) is 9.68. The second kappa shape index (κ2) is 12.8. The lowest BCUT2D eigenvalue weighted by Gasteiger charge is -2.08. The van der Waals surface area contributed by atoms with E-state index < -0.39 is 30.0 Å². The van der Waals surface area contributed by atoms with Gasteiger partial charge in [0.2, 0.25) is 11.9 Å². The number of hydrogen-bond donors (Lipinski definition) is 4. The van der Waals surface area contributed by atoms with Crippen molar-refractivity contribution in [2.45, 2.75) is 38.1 Å². The molecule has 10 nitrogen and oxygen atoms in total. The van der Waals surface area contributed by atoms with Gasteiger partial charge in [-0.2, -0.15) is 0 Å². The summed E-state index contributed by atoms with van der Waals surface area (Å²) in [5, 5.41) is 11.5. The number of aliphatic carboxylic acids is 1. The van der Waals surface area contributed by atoms with Crippen LogP contribution in [0.2, 0.25) is 10.0 Å². The van der Waals surface area contributed by atoms with E-state index in [1.807, 2.05) is 0 Å². The summed E-state index contributed by atoms with van der Waals surface area (Å²) in [6.07, 6.45) is -0.837. The maximum absolute atomic E-state index is 12.0. The number of amides is 2. The molecule has 0 bridgehead atoms. The number of nitrogens with two attached hydrogens (primary N) is 2. The van der Waals surface area contributed by atoms with Gasteiger partial charge < -0.3 is 21.3 Å². The van der Waals surface area contributed by atoms with Gasteiger partial charge in [-0.05, 0) is 30.5 Å². The smallest absolute Gasteiger partial charge is 0.436 e. The molecule has 0 saturated heterocycles. The Morgan fingerprint density at radius 2 is 1.80 bits per heavy atom. The number of ketones is 1. The normalized spacial score (nSPS) is 12.2. The van der Waals surface area contributed by atoms with Crippen LogP contribution in [0.5, 0.6) is 0 Å². The monoisotopic (exact) mass is 460 g/mol. The molecule has 1 rings (SSSR count). The van der Waals surface area contributed by atoms with Gasteiger partial charge in [0.05, 0.1) is 13.0 Å². The summed E-state index contributed by atoms with van der Waals surface area (Å²) in [7, 11) is 0. The van der Waals surface area contributed by atoms with Gasteiger partial charge in [0, 0.05) is 22.9 Å². The van der Waals surface area contributed by atoms with Crippen LogP contribution in [0.25, 0.3) is 0 Å². The standard InChI is InChI=1S/C18H22Cl2N4O6/c19-12-4-1-5-13(20)11(12)9-15(26)23-17(22)24-18(29)30-8-2-3-10(25)6-7-14(21)16(27)28/h1,4-5,14H,2-3,6-9,21H2,(H,27,28)(H3,22,23,24,26,29)/t14-/m0/s1. The molecule has 0 aromatic heterocycles. The Kier molecular flexibility index (Phi) is 10.8. The number of rotatable bonds is 10. The minimum absolute atomic E-state index is 0.0218. The Hall–Kier alpha value is -2.69. The van der Waals surface area contributed by atoms with Crippen molar-refractivity contribution in [3.8, 4) is 0 Å². The zero-order chi connectivity index (χ0) is 22.7. The summed E-state index contributed by atoms with van der Waals surface area (Å²) in [5.74, 6) is -2.42. The summed E-state index contributed by atoms with van der Waals surface area (Å²) < 4.78 is 4.79. The third-order valence-electron chi connectivity index (χ3n) is 3.76. The molecule has 1 aromatic rings. The highest BCUT2D eigenvalue weighted by atomic mass is 35.5. The fourth-order valence-electron chi connectivity index (χ4n) is 2.20. The number of benzene rings is 1. The van der Waals surface area contributed by atoms with Gasteiger partial charge in [-0.15, -0.1) is 4.99 Å². The van der Waals surface area contributed by atoms with Crippen LogP contribution >= 0.6 is 23.2 Å². The largest absolute Gasteiger partial charge is 0.480 e. The summed E-state index contributed by atoms with van der Waals surface area (Å²) >= 11 is 12.0. The fourth-order valence-corrected chi connectivity index (χ4v) is 2.73. The van der Waals surface area contributed by atoms with Gasteiger partial charge in [-0.3, -0.25) is 19.7 Å². The van der Waals surface area contributed by atoms with E-state index in [1.54, 1.807) is 18.2 Å².